The van der Waals surface area contributed by atoms with E-state index in [1.54, 1.807) is 24.7 Å². The highest BCUT2D eigenvalue weighted by molar-refractivity contribution is 6.00. The lowest BCUT2D eigenvalue weighted by Crippen LogP contribution is -2.21. The van der Waals surface area contributed by atoms with Crippen molar-refractivity contribution in [3.8, 4) is 0 Å². The second-order valence-electron chi connectivity index (χ2n) is 4.66. The Morgan fingerprint density at radius 2 is 2.32 bits per heavy atom. The van der Waals surface area contributed by atoms with Crippen LogP contribution < -0.4 is 11.1 Å². The average molecular weight is 258 g/mol. The third kappa shape index (κ3) is 3.34. The molecule has 1 aromatic heterocycles. The predicted molar refractivity (Wildman–Crippen MR) is 76.2 cm³/mol. The number of nitrogens with zero attached hydrogens (tertiary/aromatic N) is 2. The number of ketones is 1. The number of carbonyl (C=O) groups excluding carboxylic acids is 1. The highest BCUT2D eigenvalue weighted by atomic mass is 16.1. The van der Waals surface area contributed by atoms with Crippen molar-refractivity contribution in [2.75, 3.05) is 11.1 Å². The molecule has 0 aliphatic carbocycles. The first-order valence-electron chi connectivity index (χ1n) is 6.19. The Labute approximate surface area is 112 Å². The van der Waals surface area contributed by atoms with Crippen molar-refractivity contribution in [3.05, 3.63) is 42.5 Å². The third-order valence-electron chi connectivity index (χ3n) is 2.89. The fourth-order valence-corrected chi connectivity index (χ4v) is 1.99. The second kappa shape index (κ2) is 5.56. The number of Topliss-reactive ketones (excluding diaryl/α,β-unsaturated/α-hetero) is 1. The highest BCUT2D eigenvalue weighted by Gasteiger charge is 2.08. The summed E-state index contributed by atoms with van der Waals surface area (Å²) in [6.45, 7) is 4.40. The fraction of sp³-hybridized carbons (Fsp3) is 0.286. The lowest BCUT2D eigenvalue weighted by Gasteiger charge is -2.16. The fourth-order valence-electron chi connectivity index (χ4n) is 1.99. The van der Waals surface area contributed by atoms with Crippen molar-refractivity contribution < 1.29 is 4.79 Å². The van der Waals surface area contributed by atoms with E-state index in [0.717, 1.165) is 12.2 Å². The number of benzene rings is 1. The standard InChI is InChI=1S/C14H18N4O/c1-10(8-18-6-5-16-9-18)17-12-3-4-14(15)13(7-12)11(2)19/h3-7,9-10,17H,8,15H2,1-2H3. The molecule has 2 aromatic rings. The molecule has 19 heavy (non-hydrogen) atoms. The molecule has 0 aliphatic heterocycles. The summed E-state index contributed by atoms with van der Waals surface area (Å²) in [5.74, 6) is -0.0246. The minimum absolute atomic E-state index is 0.0246. The van der Waals surface area contributed by atoms with Crippen LogP contribution >= 0.6 is 0 Å². The molecule has 1 atom stereocenters. The first-order valence-corrected chi connectivity index (χ1v) is 6.19. The van der Waals surface area contributed by atoms with Crippen molar-refractivity contribution in [1.29, 1.82) is 0 Å². The van der Waals surface area contributed by atoms with Crippen LogP contribution in [0.25, 0.3) is 0 Å². The van der Waals surface area contributed by atoms with E-state index in [9.17, 15) is 4.79 Å². The van der Waals surface area contributed by atoms with E-state index in [2.05, 4.69) is 17.2 Å². The van der Waals surface area contributed by atoms with Crippen molar-refractivity contribution in [1.82, 2.24) is 9.55 Å². The second-order valence-corrected chi connectivity index (χ2v) is 4.66. The summed E-state index contributed by atoms with van der Waals surface area (Å²) in [6.07, 6.45) is 5.45. The van der Waals surface area contributed by atoms with Gasteiger partial charge in [-0.25, -0.2) is 4.98 Å². The highest BCUT2D eigenvalue weighted by Crippen LogP contribution is 2.19. The van der Waals surface area contributed by atoms with Gasteiger partial charge in [0.05, 0.1) is 6.33 Å². The Hall–Kier alpha value is -2.30. The molecule has 0 spiro atoms. The van der Waals surface area contributed by atoms with Gasteiger partial charge in [-0.3, -0.25) is 4.79 Å². The van der Waals surface area contributed by atoms with E-state index in [0.29, 0.717) is 11.3 Å². The van der Waals surface area contributed by atoms with Crippen molar-refractivity contribution in [3.63, 3.8) is 0 Å². The quantitative estimate of drug-likeness (QED) is 0.636. The maximum absolute atomic E-state index is 11.4. The van der Waals surface area contributed by atoms with Gasteiger partial charge in [-0.2, -0.15) is 0 Å². The zero-order valence-corrected chi connectivity index (χ0v) is 11.1. The number of aromatic nitrogens is 2. The van der Waals surface area contributed by atoms with Crippen molar-refractivity contribution in [2.24, 2.45) is 0 Å². The van der Waals surface area contributed by atoms with E-state index in [1.165, 1.54) is 6.92 Å². The molecule has 0 aliphatic rings. The molecule has 1 heterocycles. The number of hydrogen-bond acceptors (Lipinski definition) is 4. The largest absolute Gasteiger partial charge is 0.398 e. The van der Waals surface area contributed by atoms with Gasteiger partial charge in [0, 0.05) is 41.9 Å². The van der Waals surface area contributed by atoms with Gasteiger partial charge in [-0.1, -0.05) is 0 Å². The number of imidazole rings is 1. The summed E-state index contributed by atoms with van der Waals surface area (Å²) in [5.41, 5.74) is 7.73. The van der Waals surface area contributed by atoms with Crippen LogP contribution in [0, 0.1) is 0 Å². The average Bonchev–Trinajstić information content (AvgIpc) is 2.84. The van der Waals surface area contributed by atoms with Gasteiger partial charge in [-0.05, 0) is 32.0 Å². The maximum atomic E-state index is 11.4. The van der Waals surface area contributed by atoms with E-state index in [4.69, 9.17) is 5.73 Å². The lowest BCUT2D eigenvalue weighted by molar-refractivity contribution is 0.101. The van der Waals surface area contributed by atoms with Crippen molar-refractivity contribution >= 4 is 17.2 Å². The zero-order chi connectivity index (χ0) is 13.8. The van der Waals surface area contributed by atoms with E-state index in [-0.39, 0.29) is 11.8 Å². The smallest absolute Gasteiger partial charge is 0.161 e. The van der Waals surface area contributed by atoms with Crippen LogP contribution in [0.15, 0.2) is 36.9 Å². The van der Waals surface area contributed by atoms with E-state index < -0.39 is 0 Å². The van der Waals surface area contributed by atoms with Crippen LogP contribution in [0.3, 0.4) is 0 Å². The number of anilines is 2. The predicted octanol–water partition coefficient (Wildman–Crippen LogP) is 2.17. The van der Waals surface area contributed by atoms with Crippen LogP contribution in [-0.4, -0.2) is 21.4 Å². The summed E-state index contributed by atoms with van der Waals surface area (Å²) in [6, 6.07) is 5.65. The molecule has 1 aromatic carbocycles. The molecule has 0 saturated heterocycles. The Balaban J connectivity index is 2.06. The summed E-state index contributed by atoms with van der Waals surface area (Å²) in [7, 11) is 0. The topological polar surface area (TPSA) is 72.9 Å². The number of carbonyl (C=O) groups is 1. The third-order valence-corrected chi connectivity index (χ3v) is 2.89. The molecule has 0 amide bonds. The Morgan fingerprint density at radius 1 is 1.53 bits per heavy atom. The molecular formula is C14H18N4O. The Kier molecular flexibility index (Phi) is 3.85. The van der Waals surface area contributed by atoms with Gasteiger partial charge in [0.25, 0.3) is 0 Å². The number of rotatable bonds is 5. The normalized spacial score (nSPS) is 12.1. The molecule has 0 saturated carbocycles. The molecule has 100 valence electrons. The first-order chi connectivity index (χ1) is 9.06. The van der Waals surface area contributed by atoms with Gasteiger partial charge < -0.3 is 15.6 Å². The van der Waals surface area contributed by atoms with Crippen LogP contribution in [0.4, 0.5) is 11.4 Å². The van der Waals surface area contributed by atoms with Crippen LogP contribution in [0.5, 0.6) is 0 Å². The van der Waals surface area contributed by atoms with Crippen LogP contribution in [0.2, 0.25) is 0 Å². The molecular weight excluding hydrogens is 240 g/mol. The van der Waals surface area contributed by atoms with Gasteiger partial charge in [-0.15, -0.1) is 0 Å². The molecule has 5 heteroatoms. The number of nitrogens with one attached hydrogen (secondary N) is 1. The van der Waals surface area contributed by atoms with Gasteiger partial charge >= 0.3 is 0 Å². The molecule has 0 fully saturated rings. The molecule has 0 radical (unpaired) electrons. The molecule has 1 unspecified atom stereocenters. The van der Waals surface area contributed by atoms with Gasteiger partial charge in [0.2, 0.25) is 0 Å². The maximum Gasteiger partial charge on any atom is 0.161 e. The molecule has 2 rings (SSSR count). The van der Waals surface area contributed by atoms with Gasteiger partial charge in [0.15, 0.2) is 5.78 Å². The van der Waals surface area contributed by atoms with E-state index in [1.807, 2.05) is 16.8 Å². The van der Waals surface area contributed by atoms with Crippen molar-refractivity contribution in [2.45, 2.75) is 26.4 Å². The summed E-state index contributed by atoms with van der Waals surface area (Å²) >= 11 is 0. The van der Waals surface area contributed by atoms with Gasteiger partial charge in [0.1, 0.15) is 0 Å². The van der Waals surface area contributed by atoms with Crippen LogP contribution in [0.1, 0.15) is 24.2 Å². The molecule has 0 bridgehead atoms. The minimum Gasteiger partial charge on any atom is -0.398 e. The Morgan fingerprint density at radius 3 is 2.95 bits per heavy atom. The SMILES string of the molecule is CC(=O)c1cc(NC(C)Cn2ccnc2)ccc1N. The molecule has 3 N–H and O–H groups in total. The summed E-state index contributed by atoms with van der Waals surface area (Å²) < 4.78 is 2.00. The Bertz CT molecular complexity index is 563. The first kappa shape index (κ1) is 13.1. The summed E-state index contributed by atoms with van der Waals surface area (Å²) in [4.78, 5) is 15.4. The summed E-state index contributed by atoms with van der Waals surface area (Å²) in [5, 5.41) is 3.35. The lowest BCUT2D eigenvalue weighted by atomic mass is 10.1. The van der Waals surface area contributed by atoms with Crippen LogP contribution in [-0.2, 0) is 6.54 Å². The number of hydrogen-bond donors (Lipinski definition) is 2. The van der Waals surface area contributed by atoms with E-state index >= 15 is 0 Å². The number of nitrogen functional groups attached to an aromatic ring is 1. The molecule has 5 nitrogen and oxygen atoms in total. The monoisotopic (exact) mass is 258 g/mol. The minimum atomic E-state index is -0.0246. The zero-order valence-electron chi connectivity index (χ0n) is 11.1. The number of nitrogens with two attached hydrogens (primary N) is 1.